The predicted octanol–water partition coefficient (Wildman–Crippen LogP) is 0.579. The third-order valence-corrected chi connectivity index (χ3v) is 4.65. The van der Waals surface area contributed by atoms with Gasteiger partial charge in [-0.1, -0.05) is 18.2 Å². The van der Waals surface area contributed by atoms with Crippen molar-refractivity contribution >= 4 is 20.0 Å². The molecule has 0 amide bonds. The van der Waals surface area contributed by atoms with Gasteiger partial charge < -0.3 is 0 Å². The third-order valence-electron chi connectivity index (χ3n) is 2.28. The molecular formula is C11H16N2O4S2. The normalized spacial score (nSPS) is 12.9. The quantitative estimate of drug-likeness (QED) is 0.592. The number of nitrogens with one attached hydrogen (secondary N) is 1. The number of nitrogens with two attached hydrogens (primary N) is 1. The Kier molecular flexibility index (Phi) is 5.24. The Morgan fingerprint density at radius 3 is 2.42 bits per heavy atom. The molecule has 0 radical (unpaired) electrons. The molecule has 8 heteroatoms. The second-order valence-corrected chi connectivity index (χ2v) is 7.10. The van der Waals surface area contributed by atoms with Gasteiger partial charge in [0, 0.05) is 6.54 Å². The van der Waals surface area contributed by atoms with Gasteiger partial charge in [0.2, 0.25) is 20.0 Å². The average molecular weight is 304 g/mol. The number of allylic oxidation sites excluding steroid dienone is 1. The van der Waals surface area contributed by atoms with Gasteiger partial charge in [-0.15, -0.1) is 0 Å². The first kappa shape index (κ1) is 15.8. The lowest BCUT2D eigenvalue weighted by Crippen LogP contribution is -2.25. The molecule has 0 aliphatic carbocycles. The molecule has 6 nitrogen and oxygen atoms in total. The van der Waals surface area contributed by atoms with E-state index in [9.17, 15) is 16.8 Å². The summed E-state index contributed by atoms with van der Waals surface area (Å²) in [5.74, 6) is 0. The van der Waals surface area contributed by atoms with Crippen molar-refractivity contribution in [3.63, 3.8) is 0 Å². The molecule has 0 saturated carbocycles. The number of hydrogen-bond donors (Lipinski definition) is 2. The van der Waals surface area contributed by atoms with Crippen LogP contribution in [0.3, 0.4) is 0 Å². The molecule has 0 spiro atoms. The van der Waals surface area contributed by atoms with Crippen LogP contribution in [0.25, 0.3) is 0 Å². The topological polar surface area (TPSA) is 106 Å². The minimum atomic E-state index is -3.92. The van der Waals surface area contributed by atoms with E-state index in [-0.39, 0.29) is 16.3 Å². The Bertz CT molecular complexity index is 664. The Morgan fingerprint density at radius 2 is 1.84 bits per heavy atom. The van der Waals surface area contributed by atoms with Crippen LogP contribution in [0.1, 0.15) is 13.3 Å². The fourth-order valence-electron chi connectivity index (χ4n) is 1.34. The number of primary sulfonamides is 1. The van der Waals surface area contributed by atoms with E-state index in [0.29, 0.717) is 6.42 Å². The molecule has 0 atom stereocenters. The monoisotopic (exact) mass is 304 g/mol. The maximum Gasteiger partial charge on any atom is 0.240 e. The number of hydrogen-bond acceptors (Lipinski definition) is 4. The highest BCUT2D eigenvalue weighted by Crippen LogP contribution is 2.14. The van der Waals surface area contributed by atoms with Crippen LogP contribution in [0.2, 0.25) is 0 Å². The maximum atomic E-state index is 11.9. The van der Waals surface area contributed by atoms with Crippen LogP contribution in [-0.4, -0.2) is 23.4 Å². The highest BCUT2D eigenvalue weighted by atomic mass is 32.2. The van der Waals surface area contributed by atoms with Gasteiger partial charge in [0.15, 0.2) is 0 Å². The van der Waals surface area contributed by atoms with E-state index >= 15 is 0 Å². The van der Waals surface area contributed by atoms with Crippen molar-refractivity contribution in [2.24, 2.45) is 5.14 Å². The van der Waals surface area contributed by atoms with E-state index in [1.165, 1.54) is 18.2 Å². The van der Waals surface area contributed by atoms with Crippen LogP contribution in [0.5, 0.6) is 0 Å². The minimum Gasteiger partial charge on any atom is -0.225 e. The molecule has 1 aromatic carbocycles. The largest absolute Gasteiger partial charge is 0.240 e. The van der Waals surface area contributed by atoms with Crippen LogP contribution < -0.4 is 9.86 Å². The number of sulfonamides is 2. The number of rotatable bonds is 6. The molecule has 0 heterocycles. The fourth-order valence-corrected chi connectivity index (χ4v) is 3.07. The van der Waals surface area contributed by atoms with Gasteiger partial charge in [-0.3, -0.25) is 0 Å². The molecule has 3 N–H and O–H groups in total. The zero-order valence-corrected chi connectivity index (χ0v) is 12.0. The van der Waals surface area contributed by atoms with Gasteiger partial charge in [-0.2, -0.15) is 0 Å². The summed E-state index contributed by atoms with van der Waals surface area (Å²) in [7, 11) is -7.65. The summed E-state index contributed by atoms with van der Waals surface area (Å²) in [6.45, 7) is 2.08. The molecule has 0 bridgehead atoms. The summed E-state index contributed by atoms with van der Waals surface area (Å²) in [4.78, 5) is -0.358. The maximum absolute atomic E-state index is 11.9. The fraction of sp³-hybridized carbons (Fsp3) is 0.273. The lowest BCUT2D eigenvalue weighted by Gasteiger charge is -2.06. The first-order chi connectivity index (χ1) is 8.77. The van der Waals surface area contributed by atoms with Gasteiger partial charge in [0.05, 0.1) is 9.79 Å². The van der Waals surface area contributed by atoms with E-state index in [0.717, 1.165) is 6.07 Å². The molecule has 0 aliphatic rings. The molecule has 0 fully saturated rings. The van der Waals surface area contributed by atoms with Crippen molar-refractivity contribution in [1.82, 2.24) is 4.72 Å². The van der Waals surface area contributed by atoms with E-state index in [1.807, 2.05) is 19.1 Å². The van der Waals surface area contributed by atoms with Crippen LogP contribution in [-0.2, 0) is 20.0 Å². The molecular weight excluding hydrogens is 288 g/mol. The van der Waals surface area contributed by atoms with E-state index in [1.54, 1.807) is 0 Å². The zero-order valence-electron chi connectivity index (χ0n) is 10.4. The van der Waals surface area contributed by atoms with Crippen molar-refractivity contribution in [3.05, 3.63) is 36.4 Å². The summed E-state index contributed by atoms with van der Waals surface area (Å²) in [6.07, 6.45) is 4.20. The Labute approximate surface area is 113 Å². The van der Waals surface area contributed by atoms with Gasteiger partial charge in [0.1, 0.15) is 0 Å². The first-order valence-corrected chi connectivity index (χ1v) is 8.54. The van der Waals surface area contributed by atoms with Crippen molar-refractivity contribution in [2.75, 3.05) is 6.54 Å². The molecule has 0 saturated heterocycles. The van der Waals surface area contributed by atoms with Gasteiger partial charge >= 0.3 is 0 Å². The van der Waals surface area contributed by atoms with Crippen LogP contribution >= 0.6 is 0 Å². The van der Waals surface area contributed by atoms with Crippen LogP contribution in [0.15, 0.2) is 46.2 Å². The molecule has 0 aliphatic heterocycles. The number of benzene rings is 1. The highest BCUT2D eigenvalue weighted by Gasteiger charge is 2.16. The summed E-state index contributed by atoms with van der Waals surface area (Å²) < 4.78 is 48.5. The molecule has 19 heavy (non-hydrogen) atoms. The first-order valence-electron chi connectivity index (χ1n) is 5.51. The summed E-state index contributed by atoms with van der Waals surface area (Å²) in [5, 5.41) is 4.96. The predicted molar refractivity (Wildman–Crippen MR) is 72.4 cm³/mol. The lowest BCUT2D eigenvalue weighted by molar-refractivity contribution is 0.581. The highest BCUT2D eigenvalue weighted by molar-refractivity contribution is 7.90. The lowest BCUT2D eigenvalue weighted by atomic mass is 10.4. The third kappa shape index (κ3) is 4.75. The zero-order chi connectivity index (χ0) is 14.5. The SMILES string of the molecule is C/C=C/CCNS(=O)(=O)c1cccc(S(N)(=O)=O)c1. The van der Waals surface area contributed by atoms with E-state index < -0.39 is 20.0 Å². The summed E-state index contributed by atoms with van der Waals surface area (Å²) in [6, 6.07) is 4.93. The van der Waals surface area contributed by atoms with Crippen LogP contribution in [0, 0.1) is 0 Å². The second kappa shape index (κ2) is 6.29. The van der Waals surface area contributed by atoms with Crippen molar-refractivity contribution < 1.29 is 16.8 Å². The molecule has 1 aromatic rings. The van der Waals surface area contributed by atoms with Crippen molar-refractivity contribution in [3.8, 4) is 0 Å². The van der Waals surface area contributed by atoms with E-state index in [4.69, 9.17) is 5.14 Å². The smallest absolute Gasteiger partial charge is 0.225 e. The Morgan fingerprint density at radius 1 is 1.21 bits per heavy atom. The van der Waals surface area contributed by atoms with Gasteiger partial charge in [-0.25, -0.2) is 26.7 Å². The van der Waals surface area contributed by atoms with Crippen molar-refractivity contribution in [2.45, 2.75) is 23.1 Å². The van der Waals surface area contributed by atoms with E-state index in [2.05, 4.69) is 4.72 Å². The standard InChI is InChI=1S/C11H16N2O4S2/c1-2-3-4-8-13-19(16,17)11-7-5-6-10(9-11)18(12,14)15/h2-3,5-7,9,13H,4,8H2,1H3,(H2,12,14,15)/b3-2+. The van der Waals surface area contributed by atoms with Gasteiger partial charge in [0.25, 0.3) is 0 Å². The molecule has 106 valence electrons. The molecule has 0 unspecified atom stereocenters. The second-order valence-electron chi connectivity index (χ2n) is 3.78. The Balaban J connectivity index is 2.96. The summed E-state index contributed by atoms with van der Waals surface area (Å²) >= 11 is 0. The Hall–Kier alpha value is -1.22. The minimum absolute atomic E-state index is 0.125. The van der Waals surface area contributed by atoms with Crippen LogP contribution in [0.4, 0.5) is 0 Å². The molecule has 1 rings (SSSR count). The average Bonchev–Trinajstić information content (AvgIpc) is 2.34. The van der Waals surface area contributed by atoms with Crippen molar-refractivity contribution in [1.29, 1.82) is 0 Å². The van der Waals surface area contributed by atoms with Gasteiger partial charge in [-0.05, 0) is 31.5 Å². The molecule has 0 aromatic heterocycles. The summed E-state index contributed by atoms with van der Waals surface area (Å²) in [5.41, 5.74) is 0.